The fourth-order valence-corrected chi connectivity index (χ4v) is 1.57. The van der Waals surface area contributed by atoms with Gasteiger partial charge in [0.1, 0.15) is 5.69 Å². The van der Waals surface area contributed by atoms with E-state index in [1.54, 1.807) is 13.8 Å². The molecule has 0 aliphatic heterocycles. The van der Waals surface area contributed by atoms with Gasteiger partial charge >= 0.3 is 5.97 Å². The van der Waals surface area contributed by atoms with Crippen molar-refractivity contribution in [2.45, 2.75) is 26.3 Å². The lowest BCUT2D eigenvalue weighted by Gasteiger charge is -2.25. The predicted molar refractivity (Wildman–Crippen MR) is 67.9 cm³/mol. The molecule has 0 aliphatic carbocycles. The first-order valence-electron chi connectivity index (χ1n) is 5.90. The lowest BCUT2D eigenvalue weighted by molar-refractivity contribution is -0.137. The fraction of sp³-hybridized carbons (Fsp3) is 0.500. The van der Waals surface area contributed by atoms with Crippen molar-refractivity contribution in [3.63, 3.8) is 0 Å². The molecule has 1 amide bonds. The third kappa shape index (κ3) is 3.90. The predicted octanol–water partition coefficient (Wildman–Crippen LogP) is 0.106. The van der Waals surface area contributed by atoms with E-state index in [0.29, 0.717) is 0 Å². The van der Waals surface area contributed by atoms with Gasteiger partial charge in [-0.25, -0.2) is 4.68 Å². The highest BCUT2D eigenvalue weighted by Gasteiger charge is 2.21. The lowest BCUT2D eigenvalue weighted by atomic mass is 10.2. The molecule has 0 aromatic carbocycles. The molecule has 0 fully saturated rings. The molecule has 0 bridgehead atoms. The minimum Gasteiger partial charge on any atom is -0.481 e. The van der Waals surface area contributed by atoms with E-state index in [9.17, 15) is 14.4 Å². The van der Waals surface area contributed by atoms with E-state index in [2.05, 4.69) is 5.10 Å². The summed E-state index contributed by atoms with van der Waals surface area (Å²) in [5.41, 5.74) is -0.181. The van der Waals surface area contributed by atoms with Crippen LogP contribution in [0, 0.1) is 0 Å². The van der Waals surface area contributed by atoms with Crippen LogP contribution in [0.2, 0.25) is 0 Å². The normalized spacial score (nSPS) is 10.5. The van der Waals surface area contributed by atoms with E-state index in [4.69, 9.17) is 5.11 Å². The molecule has 1 aromatic heterocycles. The summed E-state index contributed by atoms with van der Waals surface area (Å²) in [4.78, 5) is 35.4. The molecule has 0 saturated heterocycles. The van der Waals surface area contributed by atoms with E-state index in [-0.39, 0.29) is 36.2 Å². The number of aryl methyl sites for hydroxylation is 1. The van der Waals surface area contributed by atoms with Gasteiger partial charge in [0.25, 0.3) is 11.5 Å². The largest absolute Gasteiger partial charge is 0.481 e. The van der Waals surface area contributed by atoms with Crippen molar-refractivity contribution in [3.8, 4) is 0 Å². The third-order valence-corrected chi connectivity index (χ3v) is 2.63. The Morgan fingerprint density at radius 1 is 1.42 bits per heavy atom. The van der Waals surface area contributed by atoms with Crippen molar-refractivity contribution in [3.05, 3.63) is 28.2 Å². The molecule has 19 heavy (non-hydrogen) atoms. The summed E-state index contributed by atoms with van der Waals surface area (Å²) in [6.45, 7) is 3.69. The van der Waals surface area contributed by atoms with Gasteiger partial charge < -0.3 is 10.0 Å². The first kappa shape index (κ1) is 14.9. The van der Waals surface area contributed by atoms with Gasteiger partial charge in [-0.05, 0) is 19.9 Å². The fourth-order valence-electron chi connectivity index (χ4n) is 1.57. The molecule has 104 valence electrons. The number of carboxylic acid groups (broad SMARTS) is 1. The highest BCUT2D eigenvalue weighted by atomic mass is 16.4. The van der Waals surface area contributed by atoms with Crippen LogP contribution in [-0.4, -0.2) is 44.3 Å². The summed E-state index contributed by atoms with van der Waals surface area (Å²) >= 11 is 0. The van der Waals surface area contributed by atoms with Gasteiger partial charge in [0, 0.05) is 25.7 Å². The quantitative estimate of drug-likeness (QED) is 0.817. The Balaban J connectivity index is 2.95. The summed E-state index contributed by atoms with van der Waals surface area (Å²) in [6, 6.07) is 2.46. The molecule has 1 heterocycles. The Bertz CT molecular complexity index is 536. The van der Waals surface area contributed by atoms with Crippen LogP contribution in [-0.2, 0) is 11.8 Å². The Kier molecular flexibility index (Phi) is 4.80. The third-order valence-electron chi connectivity index (χ3n) is 2.63. The minimum absolute atomic E-state index is 0.107. The maximum Gasteiger partial charge on any atom is 0.305 e. The van der Waals surface area contributed by atoms with Gasteiger partial charge in [0.05, 0.1) is 6.42 Å². The van der Waals surface area contributed by atoms with Crippen LogP contribution < -0.4 is 5.56 Å². The summed E-state index contributed by atoms with van der Waals surface area (Å²) in [6.07, 6.45) is -0.129. The number of aromatic nitrogens is 2. The Hall–Kier alpha value is -2.18. The lowest BCUT2D eigenvalue weighted by Crippen LogP contribution is -2.39. The number of carbonyl (C=O) groups excluding carboxylic acids is 1. The monoisotopic (exact) mass is 267 g/mol. The number of carboxylic acids is 1. The summed E-state index contributed by atoms with van der Waals surface area (Å²) in [5, 5.41) is 12.5. The molecule has 1 aromatic rings. The van der Waals surface area contributed by atoms with E-state index in [1.165, 1.54) is 24.1 Å². The SMILES string of the molecule is CC(C)N(CCC(=O)O)C(=O)c1ccc(=O)n(C)n1. The number of rotatable bonds is 5. The molecule has 0 saturated carbocycles. The molecule has 1 rings (SSSR count). The van der Waals surface area contributed by atoms with Gasteiger partial charge in [-0.3, -0.25) is 14.4 Å². The van der Waals surface area contributed by atoms with Crippen molar-refractivity contribution >= 4 is 11.9 Å². The zero-order valence-electron chi connectivity index (χ0n) is 11.2. The zero-order valence-corrected chi connectivity index (χ0v) is 11.2. The zero-order chi connectivity index (χ0) is 14.6. The van der Waals surface area contributed by atoms with Crippen LogP contribution >= 0.6 is 0 Å². The highest BCUT2D eigenvalue weighted by Crippen LogP contribution is 2.06. The summed E-state index contributed by atoms with van der Waals surface area (Å²) < 4.78 is 1.07. The van der Waals surface area contributed by atoms with E-state index < -0.39 is 5.97 Å². The first-order chi connectivity index (χ1) is 8.82. The van der Waals surface area contributed by atoms with Gasteiger partial charge in [-0.1, -0.05) is 0 Å². The number of hydrogen-bond acceptors (Lipinski definition) is 4. The Labute approximate surface area is 110 Å². The number of aliphatic carboxylic acids is 1. The van der Waals surface area contributed by atoms with Crippen molar-refractivity contribution in [2.75, 3.05) is 6.54 Å². The van der Waals surface area contributed by atoms with Gasteiger partial charge in [-0.2, -0.15) is 5.10 Å². The van der Waals surface area contributed by atoms with Crippen LogP contribution in [0.25, 0.3) is 0 Å². The van der Waals surface area contributed by atoms with Crippen molar-refractivity contribution < 1.29 is 14.7 Å². The molecule has 0 radical (unpaired) electrons. The van der Waals surface area contributed by atoms with Crippen LogP contribution in [0.4, 0.5) is 0 Å². The second-order valence-corrected chi connectivity index (χ2v) is 4.42. The molecule has 7 heteroatoms. The minimum atomic E-state index is -0.966. The molecule has 0 unspecified atom stereocenters. The molecule has 7 nitrogen and oxygen atoms in total. The van der Waals surface area contributed by atoms with Gasteiger partial charge in [0.2, 0.25) is 0 Å². The Morgan fingerprint density at radius 3 is 2.53 bits per heavy atom. The van der Waals surface area contributed by atoms with Crippen LogP contribution in [0.1, 0.15) is 30.8 Å². The average molecular weight is 267 g/mol. The molecular weight excluding hydrogens is 250 g/mol. The summed E-state index contributed by atoms with van der Waals surface area (Å²) in [7, 11) is 1.45. The number of nitrogens with zero attached hydrogens (tertiary/aromatic N) is 3. The molecular formula is C12H17N3O4. The average Bonchev–Trinajstić information content (AvgIpc) is 2.31. The highest BCUT2D eigenvalue weighted by molar-refractivity contribution is 5.92. The smallest absolute Gasteiger partial charge is 0.305 e. The molecule has 0 aliphatic rings. The van der Waals surface area contributed by atoms with Crippen molar-refractivity contribution in [1.82, 2.24) is 14.7 Å². The number of hydrogen-bond donors (Lipinski definition) is 1. The van der Waals surface area contributed by atoms with Crippen LogP contribution in [0.15, 0.2) is 16.9 Å². The van der Waals surface area contributed by atoms with Gasteiger partial charge in [0.15, 0.2) is 0 Å². The van der Waals surface area contributed by atoms with Crippen LogP contribution in [0.3, 0.4) is 0 Å². The van der Waals surface area contributed by atoms with E-state index >= 15 is 0 Å². The molecule has 0 spiro atoms. The van der Waals surface area contributed by atoms with E-state index in [1.807, 2.05) is 0 Å². The molecule has 0 atom stereocenters. The maximum atomic E-state index is 12.2. The Morgan fingerprint density at radius 2 is 2.05 bits per heavy atom. The van der Waals surface area contributed by atoms with Crippen molar-refractivity contribution in [1.29, 1.82) is 0 Å². The van der Waals surface area contributed by atoms with Gasteiger partial charge in [-0.15, -0.1) is 0 Å². The number of amides is 1. The number of carbonyl (C=O) groups is 2. The van der Waals surface area contributed by atoms with Crippen LogP contribution in [0.5, 0.6) is 0 Å². The van der Waals surface area contributed by atoms with E-state index in [0.717, 1.165) is 4.68 Å². The second kappa shape index (κ2) is 6.12. The standard InChI is InChI=1S/C12H17N3O4/c1-8(2)15(7-6-11(17)18)12(19)9-4-5-10(16)14(3)13-9/h4-5,8H,6-7H2,1-3H3,(H,17,18). The topological polar surface area (TPSA) is 92.5 Å². The molecule has 1 N–H and O–H groups in total. The maximum absolute atomic E-state index is 12.2. The second-order valence-electron chi connectivity index (χ2n) is 4.42. The summed E-state index contributed by atoms with van der Waals surface area (Å²) in [5.74, 6) is -1.35. The van der Waals surface area contributed by atoms with Crippen molar-refractivity contribution in [2.24, 2.45) is 7.05 Å². The first-order valence-corrected chi connectivity index (χ1v) is 5.90.